The Balaban J connectivity index is 2.66. The Morgan fingerprint density at radius 1 is 1.35 bits per heavy atom. The van der Waals surface area contributed by atoms with Gasteiger partial charge in [-0.15, -0.1) is 0 Å². The van der Waals surface area contributed by atoms with Gasteiger partial charge in [-0.05, 0) is 12.1 Å². The fourth-order valence-corrected chi connectivity index (χ4v) is 2.60. The second kappa shape index (κ2) is 6.31. The van der Waals surface area contributed by atoms with E-state index in [1.165, 1.54) is 12.1 Å². The van der Waals surface area contributed by atoms with Crippen molar-refractivity contribution in [2.45, 2.75) is 6.92 Å². The fourth-order valence-electron chi connectivity index (χ4n) is 1.74. The van der Waals surface area contributed by atoms with Crippen molar-refractivity contribution in [3.8, 4) is 22.8 Å². The molecule has 1 aromatic carbocycles. The van der Waals surface area contributed by atoms with E-state index in [1.54, 1.807) is 6.07 Å². The molecular formula is C13H11Cl2NO6S. The summed E-state index contributed by atoms with van der Waals surface area (Å²) in [4.78, 5) is 11.2. The van der Waals surface area contributed by atoms with Gasteiger partial charge in [-0.2, -0.15) is 0 Å². The van der Waals surface area contributed by atoms with Crippen LogP contribution in [-0.4, -0.2) is 25.7 Å². The third-order valence-corrected chi connectivity index (χ3v) is 3.94. The summed E-state index contributed by atoms with van der Waals surface area (Å²) in [6.07, 6.45) is 0.871. The first kappa shape index (κ1) is 17.5. The van der Waals surface area contributed by atoms with E-state index in [4.69, 9.17) is 32.4 Å². The van der Waals surface area contributed by atoms with E-state index in [9.17, 15) is 18.3 Å². The second-order valence-corrected chi connectivity index (χ2v) is 7.04. The van der Waals surface area contributed by atoms with Crippen molar-refractivity contribution in [1.29, 1.82) is 0 Å². The summed E-state index contributed by atoms with van der Waals surface area (Å²) >= 11 is 12.0. The highest BCUT2D eigenvalue weighted by Gasteiger charge is 2.27. The smallest absolute Gasteiger partial charge is 0.308 e. The largest absolute Gasteiger partial charge is 0.502 e. The van der Waals surface area contributed by atoms with Crippen molar-refractivity contribution < 1.29 is 27.5 Å². The normalized spacial score (nSPS) is 11.3. The van der Waals surface area contributed by atoms with Gasteiger partial charge in [-0.1, -0.05) is 29.3 Å². The average Bonchev–Trinajstić information content (AvgIpc) is 2.68. The maximum Gasteiger partial charge on any atom is 0.308 e. The minimum Gasteiger partial charge on any atom is -0.502 e. The Morgan fingerprint density at radius 2 is 2.00 bits per heavy atom. The minimum atomic E-state index is -3.74. The molecule has 2 N–H and O–H groups in total. The van der Waals surface area contributed by atoms with Gasteiger partial charge >= 0.3 is 5.97 Å². The molecule has 0 amide bonds. The number of anilines is 1. The predicted molar refractivity (Wildman–Crippen MR) is 85.6 cm³/mol. The van der Waals surface area contributed by atoms with Crippen LogP contribution >= 0.6 is 23.2 Å². The molecule has 0 spiro atoms. The van der Waals surface area contributed by atoms with E-state index in [2.05, 4.69) is 0 Å². The van der Waals surface area contributed by atoms with Crippen LogP contribution in [0, 0.1) is 0 Å². The number of halogens is 2. The Morgan fingerprint density at radius 3 is 2.57 bits per heavy atom. The van der Waals surface area contributed by atoms with Gasteiger partial charge in [-0.25, -0.2) is 8.42 Å². The molecule has 0 bridgehead atoms. The molecule has 7 nitrogen and oxygen atoms in total. The van der Waals surface area contributed by atoms with E-state index in [0.29, 0.717) is 0 Å². The van der Waals surface area contributed by atoms with Gasteiger partial charge < -0.3 is 14.3 Å². The lowest BCUT2D eigenvalue weighted by molar-refractivity contribution is -0.131. The summed E-state index contributed by atoms with van der Waals surface area (Å²) in [5.41, 5.74) is 0.201. The molecule has 23 heavy (non-hydrogen) atoms. The van der Waals surface area contributed by atoms with Crippen molar-refractivity contribution in [2.24, 2.45) is 0 Å². The highest BCUT2D eigenvalue weighted by atomic mass is 35.5. The Labute approximate surface area is 141 Å². The highest BCUT2D eigenvalue weighted by Crippen LogP contribution is 2.48. The second-order valence-electron chi connectivity index (χ2n) is 4.51. The lowest BCUT2D eigenvalue weighted by Gasteiger charge is -2.03. The number of furan rings is 1. The van der Waals surface area contributed by atoms with Crippen molar-refractivity contribution >= 4 is 45.1 Å². The zero-order valence-corrected chi connectivity index (χ0v) is 14.2. The molecule has 2 aromatic rings. The van der Waals surface area contributed by atoms with Gasteiger partial charge in [0.15, 0.2) is 5.76 Å². The minimum absolute atomic E-state index is 0.0819. The SMILES string of the molecule is CC(=O)Oc1c(NS(C)(=O)=O)oc(-c2cccc(Cl)c2Cl)c1O. The number of sulfonamides is 1. The average molecular weight is 380 g/mol. The van der Waals surface area contributed by atoms with Crippen molar-refractivity contribution in [2.75, 3.05) is 11.0 Å². The third-order valence-electron chi connectivity index (χ3n) is 2.56. The Kier molecular flexibility index (Phi) is 4.79. The third kappa shape index (κ3) is 3.90. The molecule has 10 heteroatoms. The molecule has 0 saturated heterocycles. The first-order valence-corrected chi connectivity index (χ1v) is 8.71. The quantitative estimate of drug-likeness (QED) is 0.789. The number of benzene rings is 1. The molecule has 0 unspecified atom stereocenters. The van der Waals surface area contributed by atoms with E-state index in [-0.39, 0.29) is 21.4 Å². The molecular weight excluding hydrogens is 369 g/mol. The summed E-state index contributed by atoms with van der Waals surface area (Å²) in [6, 6.07) is 4.57. The van der Waals surface area contributed by atoms with Crippen LogP contribution in [0.4, 0.5) is 5.88 Å². The number of ether oxygens (including phenoxy) is 1. The first-order valence-electron chi connectivity index (χ1n) is 6.06. The van der Waals surface area contributed by atoms with Crippen LogP contribution in [-0.2, 0) is 14.8 Å². The van der Waals surface area contributed by atoms with E-state index in [0.717, 1.165) is 13.2 Å². The molecule has 0 aliphatic heterocycles. The van der Waals surface area contributed by atoms with Crippen molar-refractivity contribution in [3.05, 3.63) is 28.2 Å². The molecule has 1 heterocycles. The topological polar surface area (TPSA) is 106 Å². The molecule has 0 saturated carbocycles. The van der Waals surface area contributed by atoms with Crippen LogP contribution in [0.2, 0.25) is 10.0 Å². The zero-order valence-electron chi connectivity index (χ0n) is 11.9. The van der Waals surface area contributed by atoms with Crippen LogP contribution in [0.25, 0.3) is 11.3 Å². The van der Waals surface area contributed by atoms with Crippen LogP contribution < -0.4 is 9.46 Å². The molecule has 0 atom stereocenters. The summed E-state index contributed by atoms with van der Waals surface area (Å²) in [5.74, 6) is -2.47. The number of carbonyl (C=O) groups is 1. The van der Waals surface area contributed by atoms with Gasteiger partial charge in [0.25, 0.3) is 5.88 Å². The molecule has 124 valence electrons. The fraction of sp³-hybridized carbons (Fsp3) is 0.154. The first-order chi connectivity index (χ1) is 10.6. The number of hydrogen-bond donors (Lipinski definition) is 2. The molecule has 0 aliphatic carbocycles. The van der Waals surface area contributed by atoms with Gasteiger partial charge in [0.05, 0.1) is 16.3 Å². The van der Waals surface area contributed by atoms with Crippen LogP contribution in [0.15, 0.2) is 22.6 Å². The number of nitrogens with one attached hydrogen (secondary N) is 1. The van der Waals surface area contributed by atoms with E-state index in [1.807, 2.05) is 4.72 Å². The van der Waals surface area contributed by atoms with Gasteiger partial charge in [0, 0.05) is 12.5 Å². The molecule has 0 fully saturated rings. The lowest BCUT2D eigenvalue weighted by Crippen LogP contribution is -2.11. The van der Waals surface area contributed by atoms with Gasteiger partial charge in [0.2, 0.25) is 21.5 Å². The van der Waals surface area contributed by atoms with Crippen LogP contribution in [0.3, 0.4) is 0 Å². The predicted octanol–water partition coefficient (Wildman–Crippen LogP) is 3.26. The number of carbonyl (C=O) groups excluding carboxylic acids is 1. The lowest BCUT2D eigenvalue weighted by atomic mass is 10.1. The van der Waals surface area contributed by atoms with E-state index >= 15 is 0 Å². The highest BCUT2D eigenvalue weighted by molar-refractivity contribution is 7.92. The molecule has 2 rings (SSSR count). The Hall–Kier alpha value is -1.90. The van der Waals surface area contributed by atoms with Gasteiger partial charge in [0.1, 0.15) is 0 Å². The molecule has 0 radical (unpaired) electrons. The number of aromatic hydroxyl groups is 1. The zero-order chi connectivity index (χ0) is 17.4. The van der Waals surface area contributed by atoms with Gasteiger partial charge in [-0.3, -0.25) is 9.52 Å². The number of esters is 1. The summed E-state index contributed by atoms with van der Waals surface area (Å²) in [5, 5.41) is 10.5. The standard InChI is InChI=1S/C13H11Cl2NO6S/c1-6(17)21-12-10(18)11(22-13(12)16-23(2,19)20)7-4-3-5-8(14)9(7)15/h3-5,16,18H,1-2H3. The summed E-state index contributed by atoms with van der Waals surface area (Å²) in [6.45, 7) is 1.09. The monoisotopic (exact) mass is 379 g/mol. The maximum atomic E-state index is 11.4. The van der Waals surface area contributed by atoms with Crippen molar-refractivity contribution in [3.63, 3.8) is 0 Å². The maximum absolute atomic E-state index is 11.4. The Bertz CT molecular complexity index is 875. The molecule has 1 aromatic heterocycles. The van der Waals surface area contributed by atoms with Crippen LogP contribution in [0.5, 0.6) is 11.5 Å². The number of hydrogen-bond acceptors (Lipinski definition) is 6. The van der Waals surface area contributed by atoms with E-state index < -0.39 is 33.4 Å². The number of rotatable bonds is 4. The summed E-state index contributed by atoms with van der Waals surface area (Å²) < 4.78 is 34.9. The van der Waals surface area contributed by atoms with Crippen molar-refractivity contribution in [1.82, 2.24) is 0 Å². The van der Waals surface area contributed by atoms with Crippen LogP contribution in [0.1, 0.15) is 6.92 Å². The summed E-state index contributed by atoms with van der Waals surface area (Å²) in [7, 11) is -3.74. The molecule has 0 aliphatic rings.